The number of rotatable bonds is 2. The average Bonchev–Trinajstić information content (AvgIpc) is 2.55. The van der Waals surface area contributed by atoms with Gasteiger partial charge in [-0.1, -0.05) is 36.4 Å². The van der Waals surface area contributed by atoms with Crippen molar-refractivity contribution in [3.8, 4) is 0 Å². The van der Waals surface area contributed by atoms with Gasteiger partial charge >= 0.3 is 0 Å². The van der Waals surface area contributed by atoms with Crippen LogP contribution in [0.1, 0.15) is 30.4 Å². The van der Waals surface area contributed by atoms with Gasteiger partial charge in [0, 0.05) is 22.3 Å². The summed E-state index contributed by atoms with van der Waals surface area (Å²) in [7, 11) is 0. The normalized spacial score (nSPS) is 18.6. The molecule has 0 aliphatic heterocycles. The number of ketones is 1. The lowest BCUT2D eigenvalue weighted by atomic mass is 9.87. The highest BCUT2D eigenvalue weighted by Gasteiger charge is 2.21. The second kappa shape index (κ2) is 6.69. The summed E-state index contributed by atoms with van der Waals surface area (Å²) in [4.78, 5) is 12.6. The van der Waals surface area contributed by atoms with Gasteiger partial charge in [0.1, 0.15) is 11.6 Å². The molecule has 2 aromatic carbocycles. The first kappa shape index (κ1) is 15.3. The molecule has 3 heteroatoms. The van der Waals surface area contributed by atoms with Crippen LogP contribution in [0.25, 0.3) is 12.2 Å². The van der Waals surface area contributed by atoms with Gasteiger partial charge in [-0.25, -0.2) is 8.78 Å². The van der Waals surface area contributed by atoms with Crippen LogP contribution in [-0.4, -0.2) is 5.78 Å². The van der Waals surface area contributed by atoms with Gasteiger partial charge in [0.25, 0.3) is 0 Å². The number of carbonyl (C=O) groups excluding carboxylic acids is 1. The average molecular weight is 310 g/mol. The molecule has 0 N–H and O–H groups in total. The van der Waals surface area contributed by atoms with Crippen LogP contribution in [0.5, 0.6) is 0 Å². The van der Waals surface area contributed by atoms with E-state index in [9.17, 15) is 13.6 Å². The molecule has 0 heterocycles. The van der Waals surface area contributed by atoms with E-state index in [-0.39, 0.29) is 17.4 Å². The first-order chi connectivity index (χ1) is 11.1. The van der Waals surface area contributed by atoms with Gasteiger partial charge in [-0.15, -0.1) is 0 Å². The van der Waals surface area contributed by atoms with Gasteiger partial charge in [0.2, 0.25) is 0 Å². The van der Waals surface area contributed by atoms with E-state index < -0.39 is 0 Å². The van der Waals surface area contributed by atoms with E-state index in [1.807, 2.05) is 0 Å². The Balaban J connectivity index is 1.93. The number of Topliss-reactive ketones (excluding diaryl/α,β-unsaturated/α-hetero) is 1. The molecule has 0 amide bonds. The SMILES string of the molecule is O=C1/C(=C/c2ccccc2F)CCC/C1=C\c1ccccc1F. The van der Waals surface area contributed by atoms with Gasteiger partial charge in [-0.05, 0) is 43.5 Å². The van der Waals surface area contributed by atoms with E-state index in [0.29, 0.717) is 35.1 Å². The summed E-state index contributed by atoms with van der Waals surface area (Å²) in [6, 6.07) is 12.7. The van der Waals surface area contributed by atoms with Crippen molar-refractivity contribution in [1.29, 1.82) is 0 Å². The highest BCUT2D eigenvalue weighted by Crippen LogP contribution is 2.28. The molecule has 0 aromatic heterocycles. The second-order valence-electron chi connectivity index (χ2n) is 5.56. The highest BCUT2D eigenvalue weighted by atomic mass is 19.1. The van der Waals surface area contributed by atoms with Crippen molar-refractivity contribution in [2.75, 3.05) is 0 Å². The molecule has 116 valence electrons. The van der Waals surface area contributed by atoms with Crippen molar-refractivity contribution >= 4 is 17.9 Å². The summed E-state index contributed by atoms with van der Waals surface area (Å²) >= 11 is 0. The van der Waals surface area contributed by atoms with Crippen molar-refractivity contribution in [3.05, 3.63) is 82.4 Å². The van der Waals surface area contributed by atoms with E-state index >= 15 is 0 Å². The molecule has 0 unspecified atom stereocenters. The Labute approximate surface area is 134 Å². The molecule has 1 aliphatic rings. The molecule has 0 bridgehead atoms. The topological polar surface area (TPSA) is 17.1 Å². The molecule has 23 heavy (non-hydrogen) atoms. The van der Waals surface area contributed by atoms with E-state index in [2.05, 4.69) is 0 Å². The Morgan fingerprint density at radius 2 is 1.17 bits per heavy atom. The number of carbonyl (C=O) groups is 1. The van der Waals surface area contributed by atoms with E-state index in [4.69, 9.17) is 0 Å². The molecule has 0 spiro atoms. The lowest BCUT2D eigenvalue weighted by Gasteiger charge is -2.16. The summed E-state index contributed by atoms with van der Waals surface area (Å²) in [5, 5.41) is 0. The Bertz CT molecular complexity index is 737. The maximum atomic E-state index is 13.7. The Morgan fingerprint density at radius 3 is 1.61 bits per heavy atom. The van der Waals surface area contributed by atoms with Gasteiger partial charge in [-0.2, -0.15) is 0 Å². The Hall–Kier alpha value is -2.55. The summed E-state index contributed by atoms with van der Waals surface area (Å²) in [5.74, 6) is -0.821. The minimum absolute atomic E-state index is 0.122. The molecule has 3 rings (SSSR count). The molecular formula is C20H16F2O. The van der Waals surface area contributed by atoms with Gasteiger partial charge < -0.3 is 0 Å². The van der Waals surface area contributed by atoms with Crippen LogP contribution in [0.4, 0.5) is 8.78 Å². The quantitative estimate of drug-likeness (QED) is 0.698. The lowest BCUT2D eigenvalue weighted by molar-refractivity contribution is -0.112. The summed E-state index contributed by atoms with van der Waals surface area (Å²) in [6.07, 6.45) is 5.23. The van der Waals surface area contributed by atoms with Crippen LogP contribution in [0.15, 0.2) is 59.7 Å². The van der Waals surface area contributed by atoms with E-state index in [0.717, 1.165) is 6.42 Å². The fourth-order valence-electron chi connectivity index (χ4n) is 2.74. The van der Waals surface area contributed by atoms with Crippen molar-refractivity contribution < 1.29 is 13.6 Å². The first-order valence-electron chi connectivity index (χ1n) is 7.60. The zero-order valence-corrected chi connectivity index (χ0v) is 12.6. The first-order valence-corrected chi connectivity index (χ1v) is 7.60. The molecule has 0 saturated heterocycles. The van der Waals surface area contributed by atoms with Crippen molar-refractivity contribution in [3.63, 3.8) is 0 Å². The standard InChI is InChI=1S/C20H16F2O/c21-18-10-3-1-6-14(18)12-16-8-5-9-17(20(16)23)13-15-7-2-4-11-19(15)22/h1-4,6-7,10-13H,5,8-9H2/b16-12+,17-13+. The monoisotopic (exact) mass is 310 g/mol. The summed E-state index contributed by atoms with van der Waals surface area (Å²) < 4.78 is 27.5. The minimum atomic E-state index is -0.349. The van der Waals surface area contributed by atoms with Crippen LogP contribution in [-0.2, 0) is 4.79 Å². The maximum absolute atomic E-state index is 13.7. The third-order valence-corrected chi connectivity index (χ3v) is 3.95. The van der Waals surface area contributed by atoms with Crippen molar-refractivity contribution in [2.45, 2.75) is 19.3 Å². The fraction of sp³-hybridized carbons (Fsp3) is 0.150. The highest BCUT2D eigenvalue weighted by molar-refractivity contribution is 6.13. The number of hydrogen-bond acceptors (Lipinski definition) is 1. The number of hydrogen-bond donors (Lipinski definition) is 0. The van der Waals surface area contributed by atoms with Crippen LogP contribution < -0.4 is 0 Å². The second-order valence-corrected chi connectivity index (χ2v) is 5.56. The molecular weight excluding hydrogens is 294 g/mol. The predicted octanol–water partition coefficient (Wildman–Crippen LogP) is 5.18. The zero-order valence-electron chi connectivity index (χ0n) is 12.6. The third-order valence-electron chi connectivity index (χ3n) is 3.95. The minimum Gasteiger partial charge on any atom is -0.289 e. The van der Waals surface area contributed by atoms with Gasteiger partial charge in [0.05, 0.1) is 0 Å². The molecule has 0 atom stereocenters. The lowest BCUT2D eigenvalue weighted by Crippen LogP contribution is -2.12. The summed E-state index contributed by atoms with van der Waals surface area (Å²) in [5.41, 5.74) is 1.96. The van der Waals surface area contributed by atoms with Crippen LogP contribution >= 0.6 is 0 Å². The molecule has 1 saturated carbocycles. The Morgan fingerprint density at radius 1 is 0.739 bits per heavy atom. The number of benzene rings is 2. The predicted molar refractivity (Wildman–Crippen MR) is 87.6 cm³/mol. The van der Waals surface area contributed by atoms with Crippen LogP contribution in [0.2, 0.25) is 0 Å². The van der Waals surface area contributed by atoms with E-state index in [1.165, 1.54) is 12.1 Å². The van der Waals surface area contributed by atoms with Gasteiger partial charge in [-0.3, -0.25) is 4.79 Å². The maximum Gasteiger partial charge on any atom is 0.185 e. The molecule has 1 aliphatic carbocycles. The zero-order chi connectivity index (χ0) is 16.2. The Kier molecular flexibility index (Phi) is 4.47. The third kappa shape index (κ3) is 3.45. The molecule has 0 radical (unpaired) electrons. The van der Waals surface area contributed by atoms with E-state index in [1.54, 1.807) is 48.6 Å². The fourth-order valence-corrected chi connectivity index (χ4v) is 2.74. The molecule has 2 aromatic rings. The number of allylic oxidation sites excluding steroid dienone is 2. The van der Waals surface area contributed by atoms with Crippen LogP contribution in [0, 0.1) is 11.6 Å². The van der Waals surface area contributed by atoms with Crippen LogP contribution in [0.3, 0.4) is 0 Å². The smallest absolute Gasteiger partial charge is 0.185 e. The summed E-state index contributed by atoms with van der Waals surface area (Å²) in [6.45, 7) is 0. The van der Waals surface area contributed by atoms with Crippen molar-refractivity contribution in [2.24, 2.45) is 0 Å². The largest absolute Gasteiger partial charge is 0.289 e. The van der Waals surface area contributed by atoms with Gasteiger partial charge in [0.15, 0.2) is 5.78 Å². The molecule has 1 nitrogen and oxygen atoms in total. The number of halogens is 2. The molecule has 1 fully saturated rings. The van der Waals surface area contributed by atoms with Crippen molar-refractivity contribution in [1.82, 2.24) is 0 Å².